The molecule has 1 aliphatic rings. The highest BCUT2D eigenvalue weighted by Crippen LogP contribution is 2.44. The fraction of sp³-hybridized carbons (Fsp3) is 0.379. The van der Waals surface area contributed by atoms with Gasteiger partial charge in [0.1, 0.15) is 36.2 Å². The molecule has 6 aromatic carbocycles. The second-order valence-corrected chi connectivity index (χ2v) is 22.7. The minimum Gasteiger partial charge on any atom is -0.507 e. The summed E-state index contributed by atoms with van der Waals surface area (Å²) in [6.45, 7) is 26.3. The van der Waals surface area contributed by atoms with Gasteiger partial charge in [0.2, 0.25) is 0 Å². The zero-order chi connectivity index (χ0) is 49.7. The van der Waals surface area contributed by atoms with E-state index in [-0.39, 0.29) is 57.7 Å². The van der Waals surface area contributed by atoms with Crippen LogP contribution in [0.1, 0.15) is 161 Å². The van der Waals surface area contributed by atoms with E-state index in [9.17, 15) is 30.4 Å². The lowest BCUT2D eigenvalue weighted by Crippen LogP contribution is -2.16. The molecule has 0 aromatic heterocycles. The average molecular weight is 919 g/mol. The van der Waals surface area contributed by atoms with Crippen LogP contribution in [0.4, 0.5) is 11.4 Å². The molecule has 0 amide bonds. The van der Waals surface area contributed by atoms with Crippen molar-refractivity contribution in [2.45, 2.75) is 144 Å². The molecular formula is C58H66N2O8. The van der Waals surface area contributed by atoms with Crippen LogP contribution in [0.5, 0.6) is 23.0 Å². The number of ether oxygens (including phenoxy) is 2. The quantitative estimate of drug-likeness (QED) is 0.113. The number of phenols is 2. The highest BCUT2D eigenvalue weighted by atomic mass is 16.6. The minimum absolute atomic E-state index is 0.00297. The van der Waals surface area contributed by atoms with E-state index in [1.807, 2.05) is 0 Å². The lowest BCUT2D eigenvalue weighted by Gasteiger charge is -2.28. The molecule has 68 heavy (non-hydrogen) atoms. The number of rotatable bonds is 8. The van der Waals surface area contributed by atoms with Crippen molar-refractivity contribution < 1.29 is 29.5 Å². The molecule has 0 unspecified atom stereocenters. The summed E-state index contributed by atoms with van der Waals surface area (Å²) in [5, 5.41) is 48.3. The number of aromatic hydroxyl groups is 2. The number of phenolic OH excluding ortho intramolecular Hbond substituents is 2. The summed E-state index contributed by atoms with van der Waals surface area (Å²) >= 11 is 0. The Labute approximate surface area is 401 Å². The number of benzene rings is 6. The molecule has 0 spiro atoms. The van der Waals surface area contributed by atoms with Crippen molar-refractivity contribution in [2.75, 3.05) is 0 Å². The molecule has 6 aromatic rings. The average Bonchev–Trinajstić information content (AvgIpc) is 3.24. The number of nitro groups is 2. The minimum atomic E-state index is -0.417. The zero-order valence-electron chi connectivity index (χ0n) is 41.7. The van der Waals surface area contributed by atoms with Crippen LogP contribution in [0.2, 0.25) is 0 Å². The van der Waals surface area contributed by atoms with E-state index in [4.69, 9.17) is 9.47 Å². The molecule has 0 saturated heterocycles. The maximum absolute atomic E-state index is 12.6. The molecule has 0 heterocycles. The third-order valence-corrected chi connectivity index (χ3v) is 13.1. The maximum atomic E-state index is 12.6. The summed E-state index contributed by atoms with van der Waals surface area (Å²) < 4.78 is 13.8. The Morgan fingerprint density at radius 3 is 0.838 bits per heavy atom. The van der Waals surface area contributed by atoms with Gasteiger partial charge in [-0.1, -0.05) is 132 Å². The fourth-order valence-corrected chi connectivity index (χ4v) is 8.76. The number of non-ortho nitro benzene ring substituents is 2. The Balaban J connectivity index is 1.52. The van der Waals surface area contributed by atoms with E-state index in [1.165, 1.54) is 24.3 Å². The van der Waals surface area contributed by atoms with Crippen LogP contribution in [0, 0.1) is 20.2 Å². The van der Waals surface area contributed by atoms with Crippen LogP contribution >= 0.6 is 0 Å². The summed E-state index contributed by atoms with van der Waals surface area (Å²) in [4.78, 5) is 22.2. The highest BCUT2D eigenvalue weighted by Gasteiger charge is 2.29. The van der Waals surface area contributed by atoms with Gasteiger partial charge in [0.25, 0.3) is 11.4 Å². The Kier molecular flexibility index (Phi) is 13.3. The normalized spacial score (nSPS) is 13.2. The van der Waals surface area contributed by atoms with Crippen molar-refractivity contribution in [1.29, 1.82) is 0 Å². The third kappa shape index (κ3) is 11.0. The molecule has 1 aliphatic carbocycles. The van der Waals surface area contributed by atoms with Crippen molar-refractivity contribution in [3.63, 3.8) is 0 Å². The first-order valence-corrected chi connectivity index (χ1v) is 23.4. The molecule has 10 nitrogen and oxygen atoms in total. The third-order valence-electron chi connectivity index (χ3n) is 13.1. The van der Waals surface area contributed by atoms with Gasteiger partial charge in [-0.3, -0.25) is 20.2 Å². The number of nitro benzene ring substituents is 2. The number of nitrogens with zero attached hydrogens (tertiary/aromatic N) is 2. The monoisotopic (exact) mass is 918 g/mol. The van der Waals surface area contributed by atoms with Crippen LogP contribution < -0.4 is 9.47 Å². The van der Waals surface area contributed by atoms with E-state index >= 15 is 0 Å². The van der Waals surface area contributed by atoms with Gasteiger partial charge < -0.3 is 19.7 Å². The Morgan fingerprint density at radius 1 is 0.412 bits per heavy atom. The standard InChI is InChI=1S/C58H66N2O8/c1-55(2,3)45-25-37-21-41-29-47(57(7,8)9)31-43(53(41)67-33-35-13-17-49(18-14-35)59(63)64)23-39-27-46(56(4,5)6)28-40(52(39)62)24-44-32-48(58(10,11)12)30-42(22-38(26-45)51(37)61)54(44)68-34-36-15-19-50(20-16-36)60(65)66/h13-20,25-32,61-62H,21-24,33-34H2,1-12H3. The second-order valence-electron chi connectivity index (χ2n) is 22.7. The van der Waals surface area contributed by atoms with Crippen LogP contribution in [-0.2, 0) is 60.6 Å². The number of fused-ring (bicyclic) bond motifs is 8. The SMILES string of the molecule is CC(C)(C)c1cc2c(O)c(c1)Cc1cc(C(C)(C)C)cc(c1OCc1ccc([N+](=O)[O-])cc1)Cc1cc(C(C)(C)C)cc(c1O)Cc1cc(C(C)(C)C)cc(c1OCc1ccc([N+](=O)[O-])cc1)C2. The summed E-state index contributed by atoms with van der Waals surface area (Å²) in [5.74, 6) is 1.62. The predicted octanol–water partition coefficient (Wildman–Crippen LogP) is 13.9. The van der Waals surface area contributed by atoms with E-state index in [0.29, 0.717) is 37.2 Å². The Bertz CT molecular complexity index is 2590. The van der Waals surface area contributed by atoms with Gasteiger partial charge in [-0.25, -0.2) is 0 Å². The molecular weight excluding hydrogens is 853 g/mol. The van der Waals surface area contributed by atoms with Crippen LogP contribution in [0.15, 0.2) is 97.1 Å². The van der Waals surface area contributed by atoms with Gasteiger partial charge in [-0.15, -0.1) is 0 Å². The fourth-order valence-electron chi connectivity index (χ4n) is 8.76. The Hall–Kier alpha value is -6.68. The zero-order valence-corrected chi connectivity index (χ0v) is 41.7. The van der Waals surface area contributed by atoms with Gasteiger partial charge in [0.15, 0.2) is 0 Å². The summed E-state index contributed by atoms with van der Waals surface area (Å²) in [7, 11) is 0. The lowest BCUT2D eigenvalue weighted by molar-refractivity contribution is -0.385. The van der Waals surface area contributed by atoms with Gasteiger partial charge in [-0.2, -0.15) is 0 Å². The maximum Gasteiger partial charge on any atom is 0.269 e. The second kappa shape index (κ2) is 18.4. The molecule has 0 atom stereocenters. The van der Waals surface area contributed by atoms with Gasteiger partial charge in [-0.05, 0) is 124 Å². The lowest BCUT2D eigenvalue weighted by atomic mass is 9.79. The molecule has 0 saturated carbocycles. The van der Waals surface area contributed by atoms with Crippen molar-refractivity contribution in [3.8, 4) is 23.0 Å². The predicted molar refractivity (Wildman–Crippen MR) is 270 cm³/mol. The Morgan fingerprint density at radius 2 is 0.632 bits per heavy atom. The van der Waals surface area contributed by atoms with E-state index in [0.717, 1.165) is 77.9 Å². The van der Waals surface area contributed by atoms with Crippen molar-refractivity contribution in [1.82, 2.24) is 0 Å². The van der Waals surface area contributed by atoms with Crippen molar-refractivity contribution in [2.24, 2.45) is 0 Å². The summed E-state index contributed by atoms with van der Waals surface area (Å²) in [6.07, 6.45) is 1.30. The molecule has 356 valence electrons. The van der Waals surface area contributed by atoms with Crippen molar-refractivity contribution >= 4 is 11.4 Å². The van der Waals surface area contributed by atoms with Crippen LogP contribution in [0.3, 0.4) is 0 Å². The van der Waals surface area contributed by atoms with E-state index < -0.39 is 9.85 Å². The van der Waals surface area contributed by atoms with Crippen molar-refractivity contribution in [3.05, 3.63) is 195 Å². The largest absolute Gasteiger partial charge is 0.507 e. The molecule has 0 aliphatic heterocycles. The first-order valence-electron chi connectivity index (χ1n) is 23.4. The number of hydrogen-bond donors (Lipinski definition) is 2. The smallest absolute Gasteiger partial charge is 0.269 e. The van der Waals surface area contributed by atoms with Gasteiger partial charge in [0.05, 0.1) is 9.85 Å². The molecule has 7 rings (SSSR count). The van der Waals surface area contributed by atoms with Crippen LogP contribution in [0.25, 0.3) is 0 Å². The van der Waals surface area contributed by atoms with Gasteiger partial charge in [0, 0.05) is 49.9 Å². The van der Waals surface area contributed by atoms with Gasteiger partial charge >= 0.3 is 0 Å². The first-order chi connectivity index (χ1) is 31.6. The van der Waals surface area contributed by atoms with Crippen LogP contribution in [-0.4, -0.2) is 20.1 Å². The molecule has 2 N–H and O–H groups in total. The molecule has 10 heteroatoms. The molecule has 0 fully saturated rings. The summed E-state index contributed by atoms with van der Waals surface area (Å²) in [6, 6.07) is 29.8. The molecule has 8 bridgehead atoms. The first kappa shape index (κ1) is 49.2. The molecule has 0 radical (unpaired) electrons. The topological polar surface area (TPSA) is 145 Å². The summed E-state index contributed by atoms with van der Waals surface area (Å²) in [5.41, 5.74) is 11.0. The van der Waals surface area contributed by atoms with E-state index in [2.05, 4.69) is 132 Å². The number of hydrogen-bond acceptors (Lipinski definition) is 8. The van der Waals surface area contributed by atoms with E-state index in [1.54, 1.807) is 24.3 Å². The highest BCUT2D eigenvalue weighted by molar-refractivity contribution is 5.59.